The highest BCUT2D eigenvalue weighted by atomic mass is 79.9. The van der Waals surface area contributed by atoms with Crippen molar-refractivity contribution in [1.29, 1.82) is 0 Å². The van der Waals surface area contributed by atoms with Gasteiger partial charge in [0.05, 0.1) is 11.6 Å². The lowest BCUT2D eigenvalue weighted by atomic mass is 9.95. The van der Waals surface area contributed by atoms with Crippen LogP contribution in [-0.4, -0.2) is 5.91 Å². The standard InChI is InChI=1S/C17H18BrNO/c1-3-14(13-7-5-4-6-8-13)17(20)19-16-10-9-12(2)11-15(16)18/h4-11,14H,3H2,1-2H3,(H,19,20)/t14-/m1/s1. The van der Waals surface area contributed by atoms with Gasteiger partial charge in [0.1, 0.15) is 0 Å². The summed E-state index contributed by atoms with van der Waals surface area (Å²) in [5.74, 6) is -0.0901. The number of hydrogen-bond donors (Lipinski definition) is 1. The Labute approximate surface area is 128 Å². The minimum atomic E-state index is -0.121. The lowest BCUT2D eigenvalue weighted by Gasteiger charge is -2.16. The molecule has 104 valence electrons. The molecule has 0 aliphatic carbocycles. The molecule has 0 bridgehead atoms. The van der Waals surface area contributed by atoms with E-state index in [2.05, 4.69) is 21.2 Å². The van der Waals surface area contributed by atoms with Crippen LogP contribution in [0.4, 0.5) is 5.69 Å². The van der Waals surface area contributed by atoms with Gasteiger partial charge in [-0.1, -0.05) is 43.3 Å². The van der Waals surface area contributed by atoms with Crippen molar-refractivity contribution in [3.05, 3.63) is 64.1 Å². The monoisotopic (exact) mass is 331 g/mol. The van der Waals surface area contributed by atoms with Crippen LogP contribution in [0.3, 0.4) is 0 Å². The molecule has 3 heteroatoms. The molecule has 20 heavy (non-hydrogen) atoms. The predicted molar refractivity (Wildman–Crippen MR) is 87.0 cm³/mol. The molecule has 2 nitrogen and oxygen atoms in total. The van der Waals surface area contributed by atoms with Crippen molar-refractivity contribution in [3.63, 3.8) is 0 Å². The van der Waals surface area contributed by atoms with Gasteiger partial charge >= 0.3 is 0 Å². The van der Waals surface area contributed by atoms with Crippen LogP contribution in [-0.2, 0) is 4.79 Å². The highest BCUT2D eigenvalue weighted by molar-refractivity contribution is 9.10. The normalized spacial score (nSPS) is 11.9. The number of anilines is 1. The van der Waals surface area contributed by atoms with Gasteiger partial charge < -0.3 is 5.32 Å². The average molecular weight is 332 g/mol. The first-order valence-corrected chi connectivity index (χ1v) is 7.53. The molecule has 1 N–H and O–H groups in total. The molecular weight excluding hydrogens is 314 g/mol. The number of aryl methyl sites for hydroxylation is 1. The third-order valence-corrected chi connectivity index (χ3v) is 3.97. The summed E-state index contributed by atoms with van der Waals surface area (Å²) in [5, 5.41) is 3.00. The van der Waals surface area contributed by atoms with E-state index in [4.69, 9.17) is 0 Å². The quantitative estimate of drug-likeness (QED) is 0.849. The van der Waals surface area contributed by atoms with E-state index >= 15 is 0 Å². The number of benzene rings is 2. The molecule has 2 rings (SSSR count). The molecule has 0 aliphatic heterocycles. The second-order valence-corrected chi connectivity index (χ2v) is 5.70. The molecule has 1 atom stereocenters. The minimum Gasteiger partial charge on any atom is -0.325 e. The van der Waals surface area contributed by atoms with E-state index in [1.165, 1.54) is 0 Å². The van der Waals surface area contributed by atoms with Crippen LogP contribution >= 0.6 is 15.9 Å². The molecule has 2 aromatic rings. The minimum absolute atomic E-state index is 0.0308. The summed E-state index contributed by atoms with van der Waals surface area (Å²) in [6.07, 6.45) is 0.777. The third-order valence-electron chi connectivity index (χ3n) is 3.31. The summed E-state index contributed by atoms with van der Waals surface area (Å²) < 4.78 is 0.911. The summed E-state index contributed by atoms with van der Waals surface area (Å²) in [7, 11) is 0. The molecule has 0 unspecified atom stereocenters. The zero-order valence-electron chi connectivity index (χ0n) is 11.7. The zero-order valence-corrected chi connectivity index (χ0v) is 13.3. The molecule has 0 saturated heterocycles. The van der Waals surface area contributed by atoms with Gasteiger partial charge in [0.15, 0.2) is 0 Å². The van der Waals surface area contributed by atoms with Crippen LogP contribution in [0.25, 0.3) is 0 Å². The number of rotatable bonds is 4. The Hall–Kier alpha value is -1.61. The summed E-state index contributed by atoms with van der Waals surface area (Å²) in [6, 6.07) is 15.8. The lowest BCUT2D eigenvalue weighted by molar-refractivity contribution is -0.117. The van der Waals surface area contributed by atoms with Crippen molar-refractivity contribution in [1.82, 2.24) is 0 Å². The van der Waals surface area contributed by atoms with Gasteiger partial charge in [-0.25, -0.2) is 0 Å². The van der Waals surface area contributed by atoms with Gasteiger partial charge in [-0.3, -0.25) is 4.79 Å². The molecule has 2 aromatic carbocycles. The van der Waals surface area contributed by atoms with Crippen molar-refractivity contribution in [2.45, 2.75) is 26.2 Å². The lowest BCUT2D eigenvalue weighted by Crippen LogP contribution is -2.20. The van der Waals surface area contributed by atoms with Crippen LogP contribution in [0.2, 0.25) is 0 Å². The second kappa shape index (κ2) is 6.71. The topological polar surface area (TPSA) is 29.1 Å². The number of nitrogens with one attached hydrogen (secondary N) is 1. The maximum Gasteiger partial charge on any atom is 0.231 e. The maximum atomic E-state index is 12.4. The van der Waals surface area contributed by atoms with Crippen LogP contribution in [0, 0.1) is 6.92 Å². The fraction of sp³-hybridized carbons (Fsp3) is 0.235. The van der Waals surface area contributed by atoms with E-state index in [1.54, 1.807) is 0 Å². The van der Waals surface area contributed by atoms with Gasteiger partial charge in [-0.15, -0.1) is 0 Å². The van der Waals surface area contributed by atoms with E-state index in [1.807, 2.05) is 62.4 Å². The highest BCUT2D eigenvalue weighted by Gasteiger charge is 2.19. The van der Waals surface area contributed by atoms with Crippen molar-refractivity contribution >= 4 is 27.5 Å². The molecule has 0 radical (unpaired) electrons. The van der Waals surface area contributed by atoms with E-state index in [9.17, 15) is 4.79 Å². The SMILES string of the molecule is CC[C@@H](C(=O)Nc1ccc(C)cc1Br)c1ccccc1. The predicted octanol–water partition coefficient (Wildman–Crippen LogP) is 4.89. The van der Waals surface area contributed by atoms with Gasteiger partial charge in [0, 0.05) is 4.47 Å². The Kier molecular flexibility index (Phi) is 4.96. The number of amides is 1. The van der Waals surface area contributed by atoms with Crippen molar-refractivity contribution < 1.29 is 4.79 Å². The van der Waals surface area contributed by atoms with E-state index < -0.39 is 0 Å². The second-order valence-electron chi connectivity index (χ2n) is 4.84. The van der Waals surface area contributed by atoms with E-state index in [0.717, 1.165) is 27.7 Å². The Balaban J connectivity index is 2.18. The first kappa shape index (κ1) is 14.8. The summed E-state index contributed by atoms with van der Waals surface area (Å²) in [4.78, 5) is 12.4. The smallest absolute Gasteiger partial charge is 0.231 e. The fourth-order valence-corrected chi connectivity index (χ4v) is 2.79. The Morgan fingerprint density at radius 2 is 1.90 bits per heavy atom. The van der Waals surface area contributed by atoms with E-state index in [0.29, 0.717) is 0 Å². The van der Waals surface area contributed by atoms with Crippen LogP contribution < -0.4 is 5.32 Å². The zero-order chi connectivity index (χ0) is 14.5. The Bertz CT molecular complexity index is 595. The highest BCUT2D eigenvalue weighted by Crippen LogP contribution is 2.26. The third kappa shape index (κ3) is 3.48. The summed E-state index contributed by atoms with van der Waals surface area (Å²) in [5.41, 5.74) is 3.02. The Morgan fingerprint density at radius 3 is 2.50 bits per heavy atom. The summed E-state index contributed by atoms with van der Waals surface area (Å²) in [6.45, 7) is 4.05. The van der Waals surface area contributed by atoms with Crippen LogP contribution in [0.5, 0.6) is 0 Å². The van der Waals surface area contributed by atoms with Crippen LogP contribution in [0.1, 0.15) is 30.4 Å². The fourth-order valence-electron chi connectivity index (χ4n) is 2.20. The first-order valence-electron chi connectivity index (χ1n) is 6.73. The molecule has 0 aromatic heterocycles. The first-order chi connectivity index (χ1) is 9.61. The van der Waals surface area contributed by atoms with Gasteiger partial charge in [-0.2, -0.15) is 0 Å². The molecule has 0 aliphatic rings. The van der Waals surface area contributed by atoms with Gasteiger partial charge in [-0.05, 0) is 52.5 Å². The molecule has 0 spiro atoms. The number of carbonyl (C=O) groups is 1. The van der Waals surface area contributed by atoms with Crippen LogP contribution in [0.15, 0.2) is 53.0 Å². The number of carbonyl (C=O) groups excluding carboxylic acids is 1. The molecular formula is C17H18BrNO. The summed E-state index contributed by atoms with van der Waals surface area (Å²) >= 11 is 3.49. The van der Waals surface area contributed by atoms with Crippen molar-refractivity contribution in [3.8, 4) is 0 Å². The number of hydrogen-bond acceptors (Lipinski definition) is 1. The number of halogens is 1. The van der Waals surface area contributed by atoms with Crippen molar-refractivity contribution in [2.75, 3.05) is 5.32 Å². The average Bonchev–Trinajstić information content (AvgIpc) is 2.44. The van der Waals surface area contributed by atoms with E-state index in [-0.39, 0.29) is 11.8 Å². The molecule has 0 heterocycles. The molecule has 1 amide bonds. The largest absolute Gasteiger partial charge is 0.325 e. The van der Waals surface area contributed by atoms with Gasteiger partial charge in [0.2, 0.25) is 5.91 Å². The van der Waals surface area contributed by atoms with Crippen molar-refractivity contribution in [2.24, 2.45) is 0 Å². The maximum absolute atomic E-state index is 12.4. The van der Waals surface area contributed by atoms with Gasteiger partial charge in [0.25, 0.3) is 0 Å². The Morgan fingerprint density at radius 1 is 1.20 bits per heavy atom. The molecule has 0 fully saturated rings. The molecule has 0 saturated carbocycles.